The highest BCUT2D eigenvalue weighted by Gasteiger charge is 2.10. The van der Waals surface area contributed by atoms with Gasteiger partial charge in [0.2, 0.25) is 0 Å². The summed E-state index contributed by atoms with van der Waals surface area (Å²) in [6.07, 6.45) is 0. The second-order valence-electron chi connectivity index (χ2n) is 3.32. The number of rotatable bonds is 1. The van der Waals surface area contributed by atoms with Gasteiger partial charge >= 0.3 is 0 Å². The molecule has 1 aromatic rings. The van der Waals surface area contributed by atoms with Gasteiger partial charge in [-0.3, -0.25) is 0 Å². The van der Waals surface area contributed by atoms with E-state index in [2.05, 4.69) is 32.0 Å². The van der Waals surface area contributed by atoms with E-state index in [9.17, 15) is 0 Å². The topological polar surface area (TPSA) is 12.4 Å². The molecule has 1 aliphatic heterocycles. The van der Waals surface area contributed by atoms with Crippen molar-refractivity contribution < 1.29 is 0 Å². The fourth-order valence-corrected chi connectivity index (χ4v) is 3.60. The van der Waals surface area contributed by atoms with E-state index in [-0.39, 0.29) is 0 Å². The van der Waals surface area contributed by atoms with E-state index in [1.165, 1.54) is 27.0 Å². The summed E-state index contributed by atoms with van der Waals surface area (Å²) in [6.45, 7) is 4.24. The molecule has 1 fully saturated rings. The fourth-order valence-electron chi connectivity index (χ4n) is 1.44. The van der Waals surface area contributed by atoms with Gasteiger partial charge in [-0.25, -0.2) is 4.99 Å². The number of hydrogen-bond donors (Lipinski definition) is 0. The van der Waals surface area contributed by atoms with Crippen LogP contribution in [0.15, 0.2) is 23.2 Å². The zero-order valence-electron chi connectivity index (χ0n) is 8.41. The third-order valence-corrected chi connectivity index (χ3v) is 4.64. The summed E-state index contributed by atoms with van der Waals surface area (Å²) < 4.78 is 1.22. The second kappa shape index (κ2) is 4.41. The Hall–Kier alpha value is -0.410. The summed E-state index contributed by atoms with van der Waals surface area (Å²) in [7, 11) is 0. The van der Waals surface area contributed by atoms with Crippen LogP contribution >= 0.6 is 23.5 Å². The molecule has 0 bridgehead atoms. The van der Waals surface area contributed by atoms with Gasteiger partial charge in [0.15, 0.2) is 0 Å². The maximum Gasteiger partial charge on any atom is 0.130 e. The standard InChI is InChI=1S/C11H13NS2/c1-8-4-3-5-9(2)10(8)12-11-13-6-7-14-11/h3-5H,6-7H2,1-2H3. The monoisotopic (exact) mass is 223 g/mol. The summed E-state index contributed by atoms with van der Waals surface area (Å²) in [4.78, 5) is 4.70. The molecule has 0 aliphatic carbocycles. The van der Waals surface area contributed by atoms with Crippen molar-refractivity contribution in [2.45, 2.75) is 13.8 Å². The lowest BCUT2D eigenvalue weighted by atomic mass is 10.1. The Labute approximate surface area is 93.4 Å². The van der Waals surface area contributed by atoms with Crippen LogP contribution < -0.4 is 0 Å². The van der Waals surface area contributed by atoms with Crippen LogP contribution in [0, 0.1) is 13.8 Å². The van der Waals surface area contributed by atoms with Gasteiger partial charge in [-0.05, 0) is 25.0 Å². The Morgan fingerprint density at radius 2 is 1.64 bits per heavy atom. The minimum atomic E-state index is 1.16. The molecule has 0 aromatic heterocycles. The smallest absolute Gasteiger partial charge is 0.130 e. The van der Waals surface area contributed by atoms with Gasteiger partial charge in [0, 0.05) is 11.5 Å². The minimum Gasteiger partial charge on any atom is -0.235 e. The van der Waals surface area contributed by atoms with Crippen molar-refractivity contribution in [1.29, 1.82) is 0 Å². The van der Waals surface area contributed by atoms with Crippen LogP contribution in [0.2, 0.25) is 0 Å². The van der Waals surface area contributed by atoms with Crippen LogP contribution in [-0.2, 0) is 0 Å². The normalized spacial score (nSPS) is 16.0. The lowest BCUT2D eigenvalue weighted by Gasteiger charge is -2.04. The van der Waals surface area contributed by atoms with Gasteiger partial charge in [0.1, 0.15) is 4.38 Å². The number of aliphatic imine (C=N–C) groups is 1. The van der Waals surface area contributed by atoms with Crippen molar-refractivity contribution in [1.82, 2.24) is 0 Å². The van der Waals surface area contributed by atoms with Gasteiger partial charge in [0.25, 0.3) is 0 Å². The number of benzene rings is 1. The zero-order valence-corrected chi connectivity index (χ0v) is 10.0. The van der Waals surface area contributed by atoms with E-state index >= 15 is 0 Å². The van der Waals surface area contributed by atoms with E-state index in [4.69, 9.17) is 4.99 Å². The number of para-hydroxylation sites is 1. The molecule has 0 spiro atoms. The zero-order chi connectivity index (χ0) is 9.97. The fraction of sp³-hybridized carbons (Fsp3) is 0.364. The first-order valence-corrected chi connectivity index (χ1v) is 6.65. The van der Waals surface area contributed by atoms with E-state index in [1.54, 1.807) is 0 Å². The second-order valence-corrected chi connectivity index (χ2v) is 5.74. The van der Waals surface area contributed by atoms with Crippen LogP contribution in [0.25, 0.3) is 0 Å². The van der Waals surface area contributed by atoms with Crippen LogP contribution in [0.5, 0.6) is 0 Å². The predicted octanol–water partition coefficient (Wildman–Crippen LogP) is 3.77. The molecule has 0 radical (unpaired) electrons. The highest BCUT2D eigenvalue weighted by atomic mass is 32.2. The van der Waals surface area contributed by atoms with Crippen molar-refractivity contribution in [3.63, 3.8) is 0 Å². The molecule has 1 aromatic carbocycles. The van der Waals surface area contributed by atoms with Gasteiger partial charge in [0.05, 0.1) is 5.69 Å². The molecule has 0 saturated carbocycles. The summed E-state index contributed by atoms with van der Waals surface area (Å²) in [5.74, 6) is 2.41. The van der Waals surface area contributed by atoms with Crippen molar-refractivity contribution in [2.75, 3.05) is 11.5 Å². The van der Waals surface area contributed by atoms with Gasteiger partial charge in [-0.2, -0.15) is 0 Å². The molecule has 2 rings (SSSR count). The summed E-state index contributed by atoms with van der Waals surface area (Å²) in [5, 5.41) is 0. The molecule has 1 saturated heterocycles. The Balaban J connectivity index is 2.36. The summed E-state index contributed by atoms with van der Waals surface area (Å²) >= 11 is 3.74. The van der Waals surface area contributed by atoms with Crippen molar-refractivity contribution in [3.05, 3.63) is 29.3 Å². The molecule has 1 heterocycles. The molecule has 14 heavy (non-hydrogen) atoms. The number of hydrogen-bond acceptors (Lipinski definition) is 3. The Kier molecular flexibility index (Phi) is 3.19. The third-order valence-electron chi connectivity index (χ3n) is 2.18. The minimum absolute atomic E-state index is 1.16. The van der Waals surface area contributed by atoms with Gasteiger partial charge < -0.3 is 0 Å². The molecule has 1 aliphatic rings. The van der Waals surface area contributed by atoms with Crippen LogP contribution in [-0.4, -0.2) is 15.9 Å². The summed E-state index contributed by atoms with van der Waals surface area (Å²) in [5.41, 5.74) is 3.70. The van der Waals surface area contributed by atoms with Gasteiger partial charge in [-0.15, -0.1) is 0 Å². The number of thioether (sulfide) groups is 2. The van der Waals surface area contributed by atoms with Crippen LogP contribution in [0.4, 0.5) is 5.69 Å². The molecule has 0 atom stereocenters. The maximum absolute atomic E-state index is 4.70. The first kappa shape index (κ1) is 10.1. The average Bonchev–Trinajstić information content (AvgIpc) is 2.64. The summed E-state index contributed by atoms with van der Waals surface area (Å²) in [6, 6.07) is 6.33. The number of nitrogens with zero attached hydrogens (tertiary/aromatic N) is 1. The molecule has 0 unspecified atom stereocenters. The van der Waals surface area contributed by atoms with E-state index in [0.29, 0.717) is 0 Å². The largest absolute Gasteiger partial charge is 0.235 e. The Bertz CT molecular complexity index is 343. The van der Waals surface area contributed by atoms with Crippen molar-refractivity contribution >= 4 is 33.6 Å². The van der Waals surface area contributed by atoms with Crippen molar-refractivity contribution in [2.24, 2.45) is 4.99 Å². The van der Waals surface area contributed by atoms with Crippen molar-refractivity contribution in [3.8, 4) is 0 Å². The maximum atomic E-state index is 4.70. The molecule has 0 N–H and O–H groups in total. The lowest BCUT2D eigenvalue weighted by molar-refractivity contribution is 1.34. The van der Waals surface area contributed by atoms with E-state index in [1.807, 2.05) is 23.5 Å². The Morgan fingerprint density at radius 3 is 2.21 bits per heavy atom. The van der Waals surface area contributed by atoms with Crippen LogP contribution in [0.3, 0.4) is 0 Å². The van der Waals surface area contributed by atoms with E-state index < -0.39 is 0 Å². The SMILES string of the molecule is Cc1cccc(C)c1N=C1SCCS1. The van der Waals surface area contributed by atoms with Crippen LogP contribution in [0.1, 0.15) is 11.1 Å². The number of aryl methyl sites for hydroxylation is 2. The third kappa shape index (κ3) is 2.15. The lowest BCUT2D eigenvalue weighted by Crippen LogP contribution is -1.83. The van der Waals surface area contributed by atoms with E-state index in [0.717, 1.165) is 5.69 Å². The van der Waals surface area contributed by atoms with Gasteiger partial charge in [-0.1, -0.05) is 41.7 Å². The molecule has 3 heteroatoms. The highest BCUT2D eigenvalue weighted by Crippen LogP contribution is 2.31. The molecule has 1 nitrogen and oxygen atoms in total. The highest BCUT2D eigenvalue weighted by molar-refractivity contribution is 8.41. The molecular weight excluding hydrogens is 210 g/mol. The first-order chi connectivity index (χ1) is 6.77. The average molecular weight is 223 g/mol. The quantitative estimate of drug-likeness (QED) is 0.718. The molecular formula is C11H13NS2. The first-order valence-electron chi connectivity index (χ1n) is 4.68. The Morgan fingerprint density at radius 1 is 1.07 bits per heavy atom. The molecule has 0 amide bonds. The predicted molar refractivity (Wildman–Crippen MR) is 67.9 cm³/mol. The molecule has 74 valence electrons.